The molecule has 1 aromatic carbocycles. The molecule has 0 radical (unpaired) electrons. The molecule has 3 heteroatoms. The molecule has 0 nitrogen and oxygen atoms in total. The van der Waals surface area contributed by atoms with E-state index in [1.807, 2.05) is 0 Å². The summed E-state index contributed by atoms with van der Waals surface area (Å²) in [5.41, 5.74) is 1.11. The lowest BCUT2D eigenvalue weighted by Crippen LogP contribution is -2.01. The average Bonchev–Trinajstić information content (AvgIpc) is 2.04. The number of halogens is 3. The first-order valence-electron chi connectivity index (χ1n) is 4.20. The molecule has 0 saturated carbocycles. The summed E-state index contributed by atoms with van der Waals surface area (Å²) in [4.78, 5) is -2.91. The molecule has 0 unspecified atom stereocenters. The van der Waals surface area contributed by atoms with E-state index in [4.69, 9.17) is 0 Å². The standard InChI is InChI=1S/C10H11BrF2/c1-2-3-8-4-6-9(7-5-8)10(11,12)13/h4-7H,2-3H2,1H3. The van der Waals surface area contributed by atoms with Crippen molar-refractivity contribution < 1.29 is 8.78 Å². The molecule has 0 spiro atoms. The van der Waals surface area contributed by atoms with Gasteiger partial charge in [-0.15, -0.1) is 0 Å². The summed E-state index contributed by atoms with van der Waals surface area (Å²) >= 11 is 2.32. The first kappa shape index (κ1) is 10.6. The molecule has 0 aliphatic heterocycles. The van der Waals surface area contributed by atoms with Crippen molar-refractivity contribution in [3.63, 3.8) is 0 Å². The predicted molar refractivity (Wildman–Crippen MR) is 53.3 cm³/mol. The lowest BCUT2D eigenvalue weighted by atomic mass is 10.1. The predicted octanol–water partition coefficient (Wildman–Crippen LogP) is 4.08. The summed E-state index contributed by atoms with van der Waals surface area (Å²) in [5, 5.41) is 0. The molecule has 0 aromatic heterocycles. The van der Waals surface area contributed by atoms with E-state index in [9.17, 15) is 8.78 Å². The van der Waals surface area contributed by atoms with Gasteiger partial charge in [0.2, 0.25) is 0 Å². The summed E-state index contributed by atoms with van der Waals surface area (Å²) in [6.07, 6.45) is 1.97. The summed E-state index contributed by atoms with van der Waals surface area (Å²) < 4.78 is 25.4. The van der Waals surface area contributed by atoms with E-state index in [2.05, 4.69) is 22.9 Å². The molecule has 1 rings (SSSR count). The van der Waals surface area contributed by atoms with Gasteiger partial charge >= 0.3 is 4.83 Å². The van der Waals surface area contributed by atoms with Crippen LogP contribution in [-0.4, -0.2) is 0 Å². The van der Waals surface area contributed by atoms with Gasteiger partial charge in [0.25, 0.3) is 0 Å². The Morgan fingerprint density at radius 1 is 1.23 bits per heavy atom. The van der Waals surface area contributed by atoms with E-state index in [1.165, 1.54) is 12.1 Å². The highest BCUT2D eigenvalue weighted by molar-refractivity contribution is 9.09. The monoisotopic (exact) mass is 248 g/mol. The molecule has 0 saturated heterocycles. The Balaban J connectivity index is 2.81. The molecule has 13 heavy (non-hydrogen) atoms. The largest absolute Gasteiger partial charge is 0.326 e. The minimum absolute atomic E-state index is 0.00681. The number of aryl methyl sites for hydroxylation is 1. The third-order valence-corrected chi connectivity index (χ3v) is 2.28. The van der Waals surface area contributed by atoms with Gasteiger partial charge in [-0.05, 0) is 27.9 Å². The highest BCUT2D eigenvalue weighted by Crippen LogP contribution is 2.34. The first-order valence-corrected chi connectivity index (χ1v) is 4.99. The fraction of sp³-hybridized carbons (Fsp3) is 0.400. The van der Waals surface area contributed by atoms with E-state index in [0.717, 1.165) is 18.4 Å². The number of rotatable bonds is 3. The van der Waals surface area contributed by atoms with Crippen LogP contribution in [0.25, 0.3) is 0 Å². The summed E-state index contributed by atoms with van der Waals surface area (Å²) in [6, 6.07) is 6.40. The van der Waals surface area contributed by atoms with E-state index < -0.39 is 4.83 Å². The van der Waals surface area contributed by atoms with E-state index in [1.54, 1.807) is 12.1 Å². The smallest absolute Gasteiger partial charge is 0.188 e. The molecular formula is C10H11BrF2. The van der Waals surface area contributed by atoms with Gasteiger partial charge in [-0.2, -0.15) is 8.78 Å². The average molecular weight is 249 g/mol. The first-order chi connectivity index (χ1) is 6.04. The molecule has 0 aliphatic carbocycles. The van der Waals surface area contributed by atoms with Crippen molar-refractivity contribution in [2.24, 2.45) is 0 Å². The third-order valence-electron chi connectivity index (χ3n) is 1.82. The van der Waals surface area contributed by atoms with Crippen LogP contribution in [0.2, 0.25) is 0 Å². The number of hydrogen-bond donors (Lipinski definition) is 0. The Hall–Kier alpha value is -0.440. The van der Waals surface area contributed by atoms with Gasteiger partial charge in [0.05, 0.1) is 0 Å². The van der Waals surface area contributed by atoms with Crippen molar-refractivity contribution in [2.45, 2.75) is 24.6 Å². The van der Waals surface area contributed by atoms with E-state index in [0.29, 0.717) is 0 Å². The summed E-state index contributed by atoms with van der Waals surface area (Å²) in [7, 11) is 0. The minimum atomic E-state index is -2.91. The van der Waals surface area contributed by atoms with Crippen molar-refractivity contribution in [3.8, 4) is 0 Å². The number of hydrogen-bond acceptors (Lipinski definition) is 0. The normalized spacial score (nSPS) is 11.7. The Kier molecular flexibility index (Phi) is 3.42. The Labute approximate surface area is 85.1 Å². The summed E-state index contributed by atoms with van der Waals surface area (Å²) in [6.45, 7) is 2.06. The zero-order valence-electron chi connectivity index (χ0n) is 7.36. The Morgan fingerprint density at radius 2 is 1.77 bits per heavy atom. The van der Waals surface area contributed by atoms with Crippen LogP contribution in [0.4, 0.5) is 8.78 Å². The molecule has 0 fully saturated rings. The maximum atomic E-state index is 12.7. The van der Waals surface area contributed by atoms with Crippen LogP contribution in [0, 0.1) is 0 Å². The molecule has 1 aromatic rings. The topological polar surface area (TPSA) is 0 Å². The van der Waals surface area contributed by atoms with Crippen LogP contribution in [-0.2, 0) is 11.3 Å². The van der Waals surface area contributed by atoms with Gasteiger partial charge in [0, 0.05) is 5.56 Å². The molecule has 0 atom stereocenters. The zero-order chi connectivity index (χ0) is 9.90. The van der Waals surface area contributed by atoms with E-state index >= 15 is 0 Å². The Bertz CT molecular complexity index is 261. The highest BCUT2D eigenvalue weighted by Gasteiger charge is 2.26. The van der Waals surface area contributed by atoms with Gasteiger partial charge in [-0.1, -0.05) is 37.6 Å². The van der Waals surface area contributed by atoms with Crippen LogP contribution >= 0.6 is 15.9 Å². The van der Waals surface area contributed by atoms with Crippen molar-refractivity contribution in [1.29, 1.82) is 0 Å². The quantitative estimate of drug-likeness (QED) is 0.708. The van der Waals surface area contributed by atoms with Crippen LogP contribution < -0.4 is 0 Å². The van der Waals surface area contributed by atoms with Gasteiger partial charge in [-0.25, -0.2) is 0 Å². The molecule has 0 bridgehead atoms. The second-order valence-corrected chi connectivity index (χ2v) is 3.94. The molecule has 0 amide bonds. The molecule has 0 N–H and O–H groups in total. The van der Waals surface area contributed by atoms with Crippen LogP contribution in [0.5, 0.6) is 0 Å². The highest BCUT2D eigenvalue weighted by atomic mass is 79.9. The lowest BCUT2D eigenvalue weighted by molar-refractivity contribution is 0.114. The van der Waals surface area contributed by atoms with Crippen molar-refractivity contribution in [3.05, 3.63) is 35.4 Å². The SMILES string of the molecule is CCCc1ccc(C(F)(F)Br)cc1. The molecular weight excluding hydrogens is 238 g/mol. The van der Waals surface area contributed by atoms with Gasteiger partial charge in [0.1, 0.15) is 0 Å². The molecule has 72 valence electrons. The van der Waals surface area contributed by atoms with Gasteiger partial charge in [0.15, 0.2) is 0 Å². The van der Waals surface area contributed by atoms with Crippen LogP contribution in [0.1, 0.15) is 24.5 Å². The lowest BCUT2D eigenvalue weighted by Gasteiger charge is -2.08. The molecule has 0 heterocycles. The van der Waals surface area contributed by atoms with E-state index in [-0.39, 0.29) is 5.56 Å². The number of alkyl halides is 3. The summed E-state index contributed by atoms with van der Waals surface area (Å²) in [5.74, 6) is 0. The number of benzene rings is 1. The second kappa shape index (κ2) is 4.18. The van der Waals surface area contributed by atoms with Crippen molar-refractivity contribution >= 4 is 15.9 Å². The van der Waals surface area contributed by atoms with Crippen LogP contribution in [0.3, 0.4) is 0 Å². The zero-order valence-corrected chi connectivity index (χ0v) is 8.94. The van der Waals surface area contributed by atoms with Crippen LogP contribution in [0.15, 0.2) is 24.3 Å². The maximum absolute atomic E-state index is 12.7. The van der Waals surface area contributed by atoms with Gasteiger partial charge < -0.3 is 0 Å². The molecule has 0 aliphatic rings. The van der Waals surface area contributed by atoms with Crippen molar-refractivity contribution in [1.82, 2.24) is 0 Å². The fourth-order valence-electron chi connectivity index (χ4n) is 1.15. The second-order valence-electron chi connectivity index (χ2n) is 2.94. The Morgan fingerprint density at radius 3 is 2.15 bits per heavy atom. The fourth-order valence-corrected chi connectivity index (χ4v) is 1.41. The van der Waals surface area contributed by atoms with Gasteiger partial charge in [-0.3, -0.25) is 0 Å². The maximum Gasteiger partial charge on any atom is 0.326 e. The minimum Gasteiger partial charge on any atom is -0.188 e. The third kappa shape index (κ3) is 3.07. The van der Waals surface area contributed by atoms with Crippen molar-refractivity contribution in [2.75, 3.05) is 0 Å².